The predicted molar refractivity (Wildman–Crippen MR) is 133 cm³/mol. The van der Waals surface area contributed by atoms with Crippen LogP contribution >= 0.6 is 0 Å². The molecule has 1 amide bonds. The zero-order valence-corrected chi connectivity index (χ0v) is 18.1. The minimum absolute atomic E-state index is 0.295. The lowest BCUT2D eigenvalue weighted by Crippen LogP contribution is -2.18. The van der Waals surface area contributed by atoms with E-state index < -0.39 is 0 Å². The van der Waals surface area contributed by atoms with Gasteiger partial charge in [0.25, 0.3) is 5.91 Å². The van der Waals surface area contributed by atoms with Gasteiger partial charge < -0.3 is 0 Å². The summed E-state index contributed by atoms with van der Waals surface area (Å²) in [6.45, 7) is 2.04. The Morgan fingerprint density at radius 3 is 2.42 bits per heavy atom. The number of nitrogens with one attached hydrogen (secondary N) is 1. The minimum atomic E-state index is -0.366. The van der Waals surface area contributed by atoms with Crippen molar-refractivity contribution in [3.05, 3.63) is 120 Å². The number of hydrazone groups is 1. The molecular formula is C28H22N4O. The lowest BCUT2D eigenvalue weighted by Gasteiger charge is -2.10. The molecule has 0 radical (unpaired) electrons. The maximum Gasteiger partial charge on any atom is 0.291 e. The molecule has 0 aliphatic heterocycles. The van der Waals surface area contributed by atoms with Gasteiger partial charge in [0.05, 0.1) is 17.6 Å². The van der Waals surface area contributed by atoms with E-state index in [2.05, 4.69) is 39.9 Å². The molecule has 0 aliphatic rings. The summed E-state index contributed by atoms with van der Waals surface area (Å²) in [6, 6.07) is 33.9. The smallest absolute Gasteiger partial charge is 0.265 e. The highest BCUT2D eigenvalue weighted by Gasteiger charge is 2.18. The lowest BCUT2D eigenvalue weighted by atomic mass is 10.0. The van der Waals surface area contributed by atoms with Gasteiger partial charge in [-0.15, -0.1) is 0 Å². The van der Waals surface area contributed by atoms with Gasteiger partial charge in [0.2, 0.25) is 0 Å². The fourth-order valence-corrected chi connectivity index (χ4v) is 3.78. The van der Waals surface area contributed by atoms with E-state index in [9.17, 15) is 4.79 Å². The Kier molecular flexibility index (Phi) is 5.52. The molecular weight excluding hydrogens is 408 g/mol. The summed E-state index contributed by atoms with van der Waals surface area (Å²) in [5.74, 6) is -0.366. The monoisotopic (exact) mass is 430 g/mol. The first kappa shape index (κ1) is 20.4. The second kappa shape index (κ2) is 8.93. The molecule has 5 heteroatoms. The van der Waals surface area contributed by atoms with Crippen molar-refractivity contribution in [2.75, 3.05) is 0 Å². The van der Waals surface area contributed by atoms with Gasteiger partial charge in [-0.2, -0.15) is 10.2 Å². The van der Waals surface area contributed by atoms with Crippen LogP contribution in [-0.4, -0.2) is 21.9 Å². The number of benzene rings is 4. The molecule has 5 aromatic rings. The van der Waals surface area contributed by atoms with E-state index in [4.69, 9.17) is 0 Å². The van der Waals surface area contributed by atoms with Gasteiger partial charge in [0, 0.05) is 5.56 Å². The molecule has 0 unspecified atom stereocenters. The lowest BCUT2D eigenvalue weighted by molar-refractivity contribution is 0.0949. The third kappa shape index (κ3) is 4.29. The highest BCUT2D eigenvalue weighted by Crippen LogP contribution is 2.31. The molecule has 1 N–H and O–H groups in total. The van der Waals surface area contributed by atoms with Crippen LogP contribution in [0.5, 0.6) is 0 Å². The van der Waals surface area contributed by atoms with E-state index in [1.807, 2.05) is 90.5 Å². The van der Waals surface area contributed by atoms with Crippen LogP contribution < -0.4 is 5.43 Å². The summed E-state index contributed by atoms with van der Waals surface area (Å²) in [4.78, 5) is 12.9. The highest BCUT2D eigenvalue weighted by atomic mass is 16.2. The predicted octanol–water partition coefficient (Wildman–Crippen LogP) is 5.76. The second-order valence-electron chi connectivity index (χ2n) is 7.80. The van der Waals surface area contributed by atoms with Crippen LogP contribution in [0.4, 0.5) is 0 Å². The van der Waals surface area contributed by atoms with Crippen LogP contribution in [0.25, 0.3) is 27.7 Å². The number of rotatable bonds is 5. The third-order valence-corrected chi connectivity index (χ3v) is 5.47. The van der Waals surface area contributed by atoms with Crippen LogP contribution in [0.3, 0.4) is 0 Å². The Bertz CT molecular complexity index is 1450. The number of carbonyl (C=O) groups is 1. The highest BCUT2D eigenvalue weighted by molar-refractivity contribution is 5.99. The van der Waals surface area contributed by atoms with Crippen molar-refractivity contribution in [1.29, 1.82) is 0 Å². The first-order chi connectivity index (χ1) is 16.2. The normalized spacial score (nSPS) is 11.2. The van der Waals surface area contributed by atoms with Gasteiger partial charge in [-0.1, -0.05) is 90.5 Å². The first-order valence-electron chi connectivity index (χ1n) is 10.7. The number of nitrogens with zero attached hydrogens (tertiary/aromatic N) is 3. The standard InChI is InChI=1S/C28H22N4O/c1-20-14-16-23(17-15-20)32-27(25-13-7-11-22-10-5-6-12-24(22)25)18-26(31-32)28(33)30-29-19-21-8-3-2-4-9-21/h2-19H,1H3,(H,30,33)/b29-19-. The Labute approximate surface area is 192 Å². The summed E-state index contributed by atoms with van der Waals surface area (Å²) in [6.07, 6.45) is 1.61. The Morgan fingerprint density at radius 1 is 0.879 bits per heavy atom. The maximum absolute atomic E-state index is 12.9. The Hall–Kier alpha value is -4.51. The molecule has 5 nitrogen and oxygen atoms in total. The number of aromatic nitrogens is 2. The number of fused-ring (bicyclic) bond motifs is 1. The number of hydrogen-bond acceptors (Lipinski definition) is 3. The van der Waals surface area contributed by atoms with E-state index in [1.165, 1.54) is 0 Å². The van der Waals surface area contributed by atoms with Crippen molar-refractivity contribution in [2.45, 2.75) is 6.92 Å². The van der Waals surface area contributed by atoms with Gasteiger partial charge >= 0.3 is 0 Å². The fraction of sp³-hybridized carbons (Fsp3) is 0.0357. The van der Waals surface area contributed by atoms with Crippen molar-refractivity contribution >= 4 is 22.9 Å². The summed E-state index contributed by atoms with van der Waals surface area (Å²) < 4.78 is 1.82. The van der Waals surface area contributed by atoms with Crippen LogP contribution in [0.15, 0.2) is 108 Å². The quantitative estimate of drug-likeness (QED) is 0.284. The zero-order valence-electron chi connectivity index (χ0n) is 18.1. The topological polar surface area (TPSA) is 59.3 Å². The number of hydrogen-bond donors (Lipinski definition) is 1. The molecule has 160 valence electrons. The summed E-state index contributed by atoms with van der Waals surface area (Å²) in [5.41, 5.74) is 7.68. The maximum atomic E-state index is 12.9. The largest absolute Gasteiger partial charge is 0.291 e. The van der Waals surface area contributed by atoms with Gasteiger partial charge in [0.15, 0.2) is 5.69 Å². The number of amides is 1. The van der Waals surface area contributed by atoms with Crippen LogP contribution in [0.2, 0.25) is 0 Å². The molecule has 0 atom stereocenters. The molecule has 1 aromatic heterocycles. The van der Waals surface area contributed by atoms with Crippen molar-refractivity contribution < 1.29 is 4.79 Å². The van der Waals surface area contributed by atoms with E-state index in [0.717, 1.165) is 38.8 Å². The second-order valence-corrected chi connectivity index (χ2v) is 7.80. The van der Waals surface area contributed by atoms with Gasteiger partial charge in [-0.3, -0.25) is 4.79 Å². The summed E-state index contributed by atoms with van der Waals surface area (Å²) >= 11 is 0. The van der Waals surface area contributed by atoms with E-state index in [1.54, 1.807) is 6.21 Å². The van der Waals surface area contributed by atoms with Crippen LogP contribution in [0, 0.1) is 6.92 Å². The number of aryl methyl sites for hydroxylation is 1. The van der Waals surface area contributed by atoms with Crippen LogP contribution in [-0.2, 0) is 0 Å². The van der Waals surface area contributed by atoms with E-state index in [0.29, 0.717) is 5.69 Å². The van der Waals surface area contributed by atoms with Crippen molar-refractivity contribution in [1.82, 2.24) is 15.2 Å². The fourth-order valence-electron chi connectivity index (χ4n) is 3.78. The Morgan fingerprint density at radius 2 is 1.61 bits per heavy atom. The summed E-state index contributed by atoms with van der Waals surface area (Å²) in [5, 5.41) is 11.0. The van der Waals surface area contributed by atoms with E-state index in [-0.39, 0.29) is 5.91 Å². The van der Waals surface area contributed by atoms with Crippen molar-refractivity contribution in [3.63, 3.8) is 0 Å². The minimum Gasteiger partial charge on any atom is -0.265 e. The van der Waals surface area contributed by atoms with Gasteiger partial charge in [0.1, 0.15) is 0 Å². The van der Waals surface area contributed by atoms with Crippen molar-refractivity contribution in [2.24, 2.45) is 5.10 Å². The molecule has 5 rings (SSSR count). The molecule has 33 heavy (non-hydrogen) atoms. The van der Waals surface area contributed by atoms with Crippen molar-refractivity contribution in [3.8, 4) is 16.9 Å². The summed E-state index contributed by atoms with van der Waals surface area (Å²) in [7, 11) is 0. The van der Waals surface area contributed by atoms with Gasteiger partial charge in [-0.25, -0.2) is 10.1 Å². The average Bonchev–Trinajstić information content (AvgIpc) is 3.30. The third-order valence-electron chi connectivity index (χ3n) is 5.47. The molecule has 0 spiro atoms. The molecule has 0 saturated heterocycles. The average molecular weight is 431 g/mol. The first-order valence-corrected chi connectivity index (χ1v) is 10.7. The Balaban J connectivity index is 1.56. The molecule has 0 aliphatic carbocycles. The molecule has 0 fully saturated rings. The zero-order chi connectivity index (χ0) is 22.6. The molecule has 0 bridgehead atoms. The SMILES string of the molecule is Cc1ccc(-n2nc(C(=O)N/N=C\c3ccccc3)cc2-c2cccc3ccccc23)cc1. The molecule has 0 saturated carbocycles. The number of carbonyl (C=O) groups excluding carboxylic acids is 1. The molecule has 1 heterocycles. The van der Waals surface area contributed by atoms with E-state index >= 15 is 0 Å². The van der Waals surface area contributed by atoms with Crippen LogP contribution in [0.1, 0.15) is 21.6 Å². The van der Waals surface area contributed by atoms with Gasteiger partial charge in [-0.05, 0) is 41.5 Å². The molecule has 4 aromatic carbocycles.